The number of alkyl halides is 1. The molecule has 0 aromatic carbocycles. The van der Waals surface area contributed by atoms with E-state index in [9.17, 15) is 4.39 Å². The van der Waals surface area contributed by atoms with Crippen molar-refractivity contribution < 1.29 is 12.6 Å². The van der Waals surface area contributed by atoms with Crippen LogP contribution in [0.3, 0.4) is 0 Å². The van der Waals surface area contributed by atoms with Crippen molar-refractivity contribution in [2.45, 2.75) is 64.0 Å². The summed E-state index contributed by atoms with van der Waals surface area (Å²) in [7, 11) is 0. The molecule has 0 radical (unpaired) electrons. The van der Waals surface area contributed by atoms with Gasteiger partial charge in [0, 0.05) is 25.7 Å². The molecule has 3 atom stereocenters. The van der Waals surface area contributed by atoms with Gasteiger partial charge in [-0.05, 0) is 56.3 Å². The van der Waals surface area contributed by atoms with Crippen LogP contribution in [0, 0.1) is 16.7 Å². The zero-order valence-corrected chi connectivity index (χ0v) is 10.5. The van der Waals surface area contributed by atoms with Gasteiger partial charge in [-0.25, -0.2) is 4.39 Å². The summed E-state index contributed by atoms with van der Waals surface area (Å²) in [4.78, 5) is 1.15. The molecule has 4 rings (SSSR count). The van der Waals surface area contributed by atoms with Gasteiger partial charge in [0.05, 0.1) is 0 Å². The van der Waals surface area contributed by atoms with E-state index in [1.165, 1.54) is 0 Å². The van der Waals surface area contributed by atoms with Crippen molar-refractivity contribution in [2.24, 2.45) is 16.7 Å². The summed E-state index contributed by atoms with van der Waals surface area (Å²) < 4.78 is 65.8. The largest absolute Gasteiger partial charge is 0.296 e. The molecule has 0 amide bonds. The summed E-state index contributed by atoms with van der Waals surface area (Å²) in [6.45, 7) is -0.563. The molecule has 96 valence electrons. The third-order valence-electron chi connectivity index (χ3n) is 5.10. The van der Waals surface area contributed by atoms with E-state index in [1.54, 1.807) is 13.8 Å². The zero-order valence-electron chi connectivity index (χ0n) is 16.5. The molecule has 0 aromatic heterocycles. The summed E-state index contributed by atoms with van der Waals surface area (Å²) in [5.74, 6) is -0.390. The minimum Gasteiger partial charge on any atom is -0.296 e. The van der Waals surface area contributed by atoms with Crippen LogP contribution >= 0.6 is 0 Å². The highest BCUT2D eigenvalue weighted by molar-refractivity contribution is 5.27. The van der Waals surface area contributed by atoms with Crippen molar-refractivity contribution in [1.29, 1.82) is 0 Å². The fraction of sp³-hybridized carbons (Fsp3) is 1.00. The van der Waals surface area contributed by atoms with Gasteiger partial charge in [0.2, 0.25) is 0 Å². The third kappa shape index (κ3) is 1.18. The lowest BCUT2D eigenvalue weighted by Crippen LogP contribution is -2.45. The molecular weight excluding hydrogens is 213 g/mol. The second-order valence-electron chi connectivity index (χ2n) is 6.73. The number of rotatable bonds is 2. The molecule has 17 heavy (non-hydrogen) atoms. The van der Waals surface area contributed by atoms with Gasteiger partial charge in [-0.3, -0.25) is 4.90 Å². The van der Waals surface area contributed by atoms with Crippen LogP contribution in [0.15, 0.2) is 0 Å². The summed E-state index contributed by atoms with van der Waals surface area (Å²) >= 11 is 0. The predicted molar refractivity (Wildman–Crippen MR) is 66.6 cm³/mol. The molecule has 2 saturated carbocycles. The SMILES string of the molecule is [2H]C1([2H])CC2(CC2)[C@@]2(C([2H])([2H])C(C)C)C[C@]3(C[C@H]3F)C([2H])([2H])N12. The normalized spacial score (nSPS) is 62.5. The van der Waals surface area contributed by atoms with Gasteiger partial charge >= 0.3 is 0 Å². The Bertz CT molecular complexity index is 574. The minimum atomic E-state index is -2.15. The summed E-state index contributed by atoms with van der Waals surface area (Å²) in [6, 6.07) is 0. The van der Waals surface area contributed by atoms with Crippen molar-refractivity contribution in [1.82, 2.24) is 4.90 Å². The van der Waals surface area contributed by atoms with Gasteiger partial charge in [0.25, 0.3) is 0 Å². The Morgan fingerprint density at radius 2 is 2.18 bits per heavy atom. The first kappa shape index (κ1) is 6.36. The molecule has 2 heteroatoms. The van der Waals surface area contributed by atoms with E-state index in [0.29, 0.717) is 12.8 Å². The number of fused-ring (bicyclic) bond motifs is 2. The fourth-order valence-corrected chi connectivity index (χ4v) is 3.92. The van der Waals surface area contributed by atoms with Crippen LogP contribution in [0.4, 0.5) is 4.39 Å². The average Bonchev–Trinajstić information content (AvgIpc) is 3.22. The van der Waals surface area contributed by atoms with Crippen molar-refractivity contribution in [3.8, 4) is 0 Å². The lowest BCUT2D eigenvalue weighted by molar-refractivity contribution is 0.107. The first-order valence-corrected chi connectivity index (χ1v) is 6.75. The maximum Gasteiger partial charge on any atom is 0.108 e. The van der Waals surface area contributed by atoms with E-state index in [0.717, 1.165) is 4.90 Å². The smallest absolute Gasteiger partial charge is 0.108 e. The quantitative estimate of drug-likeness (QED) is 0.718. The van der Waals surface area contributed by atoms with E-state index in [-0.39, 0.29) is 25.2 Å². The van der Waals surface area contributed by atoms with Crippen LogP contribution in [-0.4, -0.2) is 29.6 Å². The van der Waals surface area contributed by atoms with Gasteiger partial charge in [0.15, 0.2) is 0 Å². The Balaban J connectivity index is 1.97. The molecule has 0 unspecified atom stereocenters. The summed E-state index contributed by atoms with van der Waals surface area (Å²) in [6.07, 6.45) is -1.33. The number of halogens is 1. The Kier molecular flexibility index (Phi) is 1.08. The molecule has 4 aliphatic rings. The standard InChI is InChI=1S/C15H24FN/c1-11(2)7-15-9-13(8-12(13)16)10-17(15)6-5-14(15)3-4-14/h11-12H,3-10H2,1-2H3/t12-,13-,15-/m1/s1/i6D2,7D2,10D2. The summed E-state index contributed by atoms with van der Waals surface area (Å²) in [5.41, 5.74) is -3.04. The van der Waals surface area contributed by atoms with Crippen LogP contribution in [0.2, 0.25) is 0 Å². The predicted octanol–water partition coefficient (Wildman–Crippen LogP) is 3.39. The van der Waals surface area contributed by atoms with Gasteiger partial charge in [0.1, 0.15) is 6.17 Å². The Labute approximate surface area is 112 Å². The van der Waals surface area contributed by atoms with Crippen molar-refractivity contribution in [2.75, 3.05) is 13.0 Å². The van der Waals surface area contributed by atoms with E-state index in [1.807, 2.05) is 0 Å². The highest BCUT2D eigenvalue weighted by Crippen LogP contribution is 2.73. The van der Waals surface area contributed by atoms with E-state index in [4.69, 9.17) is 8.22 Å². The minimum absolute atomic E-state index is 0.0819. The van der Waals surface area contributed by atoms with Gasteiger partial charge in [-0.15, -0.1) is 0 Å². The van der Waals surface area contributed by atoms with Crippen molar-refractivity contribution in [3.05, 3.63) is 0 Å². The molecule has 2 aliphatic heterocycles. The van der Waals surface area contributed by atoms with E-state index < -0.39 is 41.9 Å². The van der Waals surface area contributed by atoms with Crippen molar-refractivity contribution >= 4 is 0 Å². The van der Waals surface area contributed by atoms with E-state index >= 15 is 0 Å². The van der Waals surface area contributed by atoms with Crippen molar-refractivity contribution in [3.63, 3.8) is 0 Å². The van der Waals surface area contributed by atoms with Crippen LogP contribution in [0.1, 0.15) is 60.5 Å². The van der Waals surface area contributed by atoms with Gasteiger partial charge in [-0.2, -0.15) is 0 Å². The van der Waals surface area contributed by atoms with Crippen LogP contribution in [0.25, 0.3) is 0 Å². The van der Waals surface area contributed by atoms with Gasteiger partial charge < -0.3 is 0 Å². The zero-order chi connectivity index (χ0) is 17.3. The molecule has 2 spiro atoms. The number of hydrogen-bond donors (Lipinski definition) is 0. The molecule has 0 N–H and O–H groups in total. The second kappa shape index (κ2) is 2.89. The Hall–Kier alpha value is -0.110. The topological polar surface area (TPSA) is 3.24 Å². The molecule has 1 nitrogen and oxygen atoms in total. The Morgan fingerprint density at radius 1 is 1.47 bits per heavy atom. The Morgan fingerprint density at radius 3 is 2.71 bits per heavy atom. The maximum absolute atomic E-state index is 14.2. The second-order valence-corrected chi connectivity index (χ2v) is 6.73. The first-order chi connectivity index (χ1) is 10.3. The molecule has 0 bridgehead atoms. The molecule has 2 saturated heterocycles. The number of hydrogen-bond acceptors (Lipinski definition) is 1. The third-order valence-corrected chi connectivity index (χ3v) is 5.10. The first-order valence-electron chi connectivity index (χ1n) is 9.75. The van der Waals surface area contributed by atoms with Crippen LogP contribution in [-0.2, 0) is 0 Å². The summed E-state index contributed by atoms with van der Waals surface area (Å²) in [5, 5.41) is 0. The number of nitrogens with zero attached hydrogens (tertiary/aromatic N) is 1. The highest BCUT2D eigenvalue weighted by atomic mass is 19.1. The monoisotopic (exact) mass is 243 g/mol. The highest BCUT2D eigenvalue weighted by Gasteiger charge is 2.74. The molecule has 4 fully saturated rings. The molecule has 2 aliphatic carbocycles. The van der Waals surface area contributed by atoms with Gasteiger partial charge in [-0.1, -0.05) is 13.8 Å². The fourth-order valence-electron chi connectivity index (χ4n) is 3.92. The average molecular weight is 243 g/mol. The van der Waals surface area contributed by atoms with Crippen LogP contribution in [0.5, 0.6) is 0 Å². The van der Waals surface area contributed by atoms with E-state index in [2.05, 4.69) is 0 Å². The lowest BCUT2D eigenvalue weighted by atomic mass is 9.72. The molecular formula is C15H24FN. The maximum atomic E-state index is 14.2. The molecule has 0 aromatic rings. The molecule has 2 heterocycles. The van der Waals surface area contributed by atoms with Crippen LogP contribution < -0.4 is 0 Å². The lowest BCUT2D eigenvalue weighted by Gasteiger charge is -2.39.